The zero-order chi connectivity index (χ0) is 30.0. The van der Waals surface area contributed by atoms with Crippen LogP contribution < -0.4 is 5.32 Å². The Morgan fingerprint density at radius 3 is 2.59 bits per heavy atom. The summed E-state index contributed by atoms with van der Waals surface area (Å²) in [6, 6.07) is 28.4. The molecule has 0 fully saturated rings. The molecule has 1 unspecified atom stereocenters. The average molecular weight is 616 g/mol. The van der Waals surface area contributed by atoms with E-state index in [9.17, 15) is 8.42 Å². The van der Waals surface area contributed by atoms with Gasteiger partial charge in [0.1, 0.15) is 0 Å². The second-order valence-corrected chi connectivity index (χ2v) is 15.0. The Kier molecular flexibility index (Phi) is 6.43. The van der Waals surface area contributed by atoms with Gasteiger partial charge in [-0.05, 0) is 90.7 Å². The molecule has 4 aromatic carbocycles. The van der Waals surface area contributed by atoms with Crippen LogP contribution in [-0.4, -0.2) is 23.9 Å². The summed E-state index contributed by atoms with van der Waals surface area (Å²) in [4.78, 5) is 5.03. The molecule has 0 aliphatic carbocycles. The molecule has 1 atom stereocenters. The van der Waals surface area contributed by atoms with Gasteiger partial charge in [-0.1, -0.05) is 54.1 Å². The molecule has 7 aromatic rings. The van der Waals surface area contributed by atoms with Crippen molar-refractivity contribution in [3.05, 3.63) is 130 Å². The third-order valence-corrected chi connectivity index (χ3v) is 11.9. The monoisotopic (exact) mass is 615 g/mol. The lowest BCUT2D eigenvalue weighted by Crippen LogP contribution is -2.12. The van der Waals surface area contributed by atoms with E-state index in [-0.39, 0.29) is 5.92 Å². The molecule has 0 bridgehead atoms. The van der Waals surface area contributed by atoms with Crippen molar-refractivity contribution in [2.45, 2.75) is 43.9 Å². The van der Waals surface area contributed by atoms with E-state index in [1.807, 2.05) is 31.3 Å². The highest BCUT2D eigenvalue weighted by atomic mass is 32.2. The molecule has 44 heavy (non-hydrogen) atoms. The number of aryl methyl sites for hydroxylation is 2. The number of aromatic amines is 1. The van der Waals surface area contributed by atoms with Crippen LogP contribution in [0.4, 0.5) is 5.69 Å². The maximum Gasteiger partial charge on any atom is 0.268 e. The first kappa shape index (κ1) is 27.2. The first-order valence-electron chi connectivity index (χ1n) is 15.2. The molecule has 5 nitrogen and oxygen atoms in total. The third-order valence-electron chi connectivity index (χ3n) is 9.13. The van der Waals surface area contributed by atoms with Crippen LogP contribution in [0.3, 0.4) is 0 Å². The lowest BCUT2D eigenvalue weighted by atomic mass is 9.85. The topological polar surface area (TPSA) is 66.9 Å². The summed E-state index contributed by atoms with van der Waals surface area (Å²) in [5, 5.41) is 7.28. The fourth-order valence-corrected chi connectivity index (χ4v) is 9.48. The van der Waals surface area contributed by atoms with Gasteiger partial charge in [-0.2, -0.15) is 0 Å². The van der Waals surface area contributed by atoms with E-state index >= 15 is 0 Å². The molecular weight excluding hydrogens is 583 g/mol. The summed E-state index contributed by atoms with van der Waals surface area (Å²) < 4.78 is 31.1. The number of benzene rings is 4. The highest BCUT2D eigenvalue weighted by molar-refractivity contribution is 7.90. The third kappa shape index (κ3) is 4.37. The zero-order valence-electron chi connectivity index (χ0n) is 24.7. The molecule has 0 saturated heterocycles. The SMILES string of the molecule is Cc1ccc(S(=O)(=O)n2cc(Cc3cc4ccccc4s3)c3c4c(ccc32)C(c2c[nH]c3cccc(C)c23)CCCN4)cc1. The van der Waals surface area contributed by atoms with Crippen LogP contribution in [-0.2, 0) is 16.4 Å². The molecule has 2 N–H and O–H groups in total. The van der Waals surface area contributed by atoms with Crippen molar-refractivity contribution >= 4 is 58.9 Å². The molecular formula is C37H33N3O2S2. The molecule has 0 amide bonds. The molecule has 7 heteroatoms. The van der Waals surface area contributed by atoms with Crippen molar-refractivity contribution in [2.24, 2.45) is 0 Å². The highest BCUT2D eigenvalue weighted by Crippen LogP contribution is 2.45. The largest absolute Gasteiger partial charge is 0.384 e. The van der Waals surface area contributed by atoms with Crippen LogP contribution in [0, 0.1) is 13.8 Å². The highest BCUT2D eigenvalue weighted by Gasteiger charge is 2.29. The van der Waals surface area contributed by atoms with Gasteiger partial charge >= 0.3 is 0 Å². The summed E-state index contributed by atoms with van der Waals surface area (Å²) >= 11 is 1.78. The Labute approximate surface area is 261 Å². The predicted molar refractivity (Wildman–Crippen MR) is 183 cm³/mol. The number of thiophene rings is 1. The minimum atomic E-state index is -3.82. The number of hydrogen-bond donors (Lipinski definition) is 2. The van der Waals surface area contributed by atoms with E-state index in [0.717, 1.165) is 47.1 Å². The molecule has 0 radical (unpaired) electrons. The first-order valence-corrected chi connectivity index (χ1v) is 17.4. The van der Waals surface area contributed by atoms with Crippen molar-refractivity contribution in [3.63, 3.8) is 0 Å². The maximum absolute atomic E-state index is 14.2. The Balaban J connectivity index is 1.36. The number of fused-ring (bicyclic) bond motifs is 5. The summed E-state index contributed by atoms with van der Waals surface area (Å²) in [6.07, 6.45) is 6.73. The zero-order valence-corrected chi connectivity index (χ0v) is 26.4. The summed E-state index contributed by atoms with van der Waals surface area (Å²) in [5.74, 6) is 0.188. The van der Waals surface area contributed by atoms with Crippen molar-refractivity contribution in [1.82, 2.24) is 8.96 Å². The van der Waals surface area contributed by atoms with E-state index in [1.54, 1.807) is 23.5 Å². The molecule has 220 valence electrons. The number of nitrogens with zero attached hydrogens (tertiary/aromatic N) is 1. The van der Waals surface area contributed by atoms with Gasteiger partial charge in [0.25, 0.3) is 10.0 Å². The van der Waals surface area contributed by atoms with Gasteiger partial charge in [0.05, 0.1) is 10.4 Å². The van der Waals surface area contributed by atoms with Gasteiger partial charge in [0.2, 0.25) is 0 Å². The average Bonchev–Trinajstić information content (AvgIpc) is 3.70. The molecule has 3 aromatic heterocycles. The lowest BCUT2D eigenvalue weighted by Gasteiger charge is -2.19. The molecule has 0 saturated carbocycles. The Morgan fingerprint density at radius 2 is 1.75 bits per heavy atom. The second-order valence-electron chi connectivity index (χ2n) is 12.0. The molecule has 4 heterocycles. The van der Waals surface area contributed by atoms with Crippen molar-refractivity contribution < 1.29 is 8.42 Å². The lowest BCUT2D eigenvalue weighted by molar-refractivity contribution is 0.589. The van der Waals surface area contributed by atoms with Gasteiger partial charge in [0, 0.05) is 62.8 Å². The summed E-state index contributed by atoms with van der Waals surface area (Å²) in [5.41, 5.74) is 8.76. The summed E-state index contributed by atoms with van der Waals surface area (Å²) in [7, 11) is -3.82. The fourth-order valence-electron chi connectivity index (χ4n) is 7.01. The number of H-pyrrole nitrogens is 1. The standard InChI is InChI=1S/C37H33N3O2S2/c1-23-12-14-28(15-13-23)44(41,42)40-22-26(20-27-19-25-8-3-4-11-34(25)43-27)36-33(40)17-16-30-29(9-6-18-38-37(30)36)31-21-39-32-10-5-7-24(2)35(31)32/h3-5,7-8,10-17,19,21-22,29,38-39H,6,9,18,20H2,1-2H3. The predicted octanol–water partition coefficient (Wildman–Crippen LogP) is 9.12. The Morgan fingerprint density at radius 1 is 0.909 bits per heavy atom. The van der Waals surface area contributed by atoms with E-state index in [0.29, 0.717) is 16.8 Å². The number of anilines is 1. The fraction of sp³-hybridized carbons (Fsp3) is 0.189. The number of aromatic nitrogens is 2. The van der Waals surface area contributed by atoms with Crippen molar-refractivity contribution in [1.29, 1.82) is 0 Å². The van der Waals surface area contributed by atoms with E-state index < -0.39 is 10.0 Å². The van der Waals surface area contributed by atoms with Crippen molar-refractivity contribution in [2.75, 3.05) is 11.9 Å². The number of rotatable bonds is 5. The van der Waals surface area contributed by atoms with E-state index in [1.165, 1.54) is 41.0 Å². The Hall–Kier alpha value is -4.33. The van der Waals surface area contributed by atoms with Crippen LogP contribution in [0.2, 0.25) is 0 Å². The molecule has 0 spiro atoms. The summed E-state index contributed by atoms with van der Waals surface area (Å²) in [6.45, 7) is 4.98. The van der Waals surface area contributed by atoms with Gasteiger partial charge in [-0.3, -0.25) is 0 Å². The van der Waals surface area contributed by atoms with Gasteiger partial charge < -0.3 is 10.3 Å². The molecule has 1 aliphatic heterocycles. The Bertz CT molecular complexity index is 2270. The van der Waals surface area contributed by atoms with E-state index in [4.69, 9.17) is 0 Å². The van der Waals surface area contributed by atoms with E-state index in [2.05, 4.69) is 78.0 Å². The molecule has 1 aliphatic rings. The second kappa shape index (κ2) is 10.4. The number of hydrogen-bond acceptors (Lipinski definition) is 4. The minimum Gasteiger partial charge on any atom is -0.384 e. The normalized spacial score (nSPS) is 15.5. The smallest absolute Gasteiger partial charge is 0.268 e. The quantitative estimate of drug-likeness (QED) is 0.203. The van der Waals surface area contributed by atoms with Gasteiger partial charge in [-0.15, -0.1) is 11.3 Å². The van der Waals surface area contributed by atoms with Crippen molar-refractivity contribution in [3.8, 4) is 0 Å². The van der Waals surface area contributed by atoms with Crippen LogP contribution in [0.25, 0.3) is 31.9 Å². The van der Waals surface area contributed by atoms with Crippen LogP contribution >= 0.6 is 11.3 Å². The maximum atomic E-state index is 14.2. The first-order chi connectivity index (χ1) is 21.4. The van der Waals surface area contributed by atoms with Crippen LogP contribution in [0.1, 0.15) is 51.5 Å². The number of nitrogens with one attached hydrogen (secondary N) is 2. The van der Waals surface area contributed by atoms with Gasteiger partial charge in [-0.25, -0.2) is 12.4 Å². The van der Waals surface area contributed by atoms with Crippen LogP contribution in [0.15, 0.2) is 102 Å². The van der Waals surface area contributed by atoms with Gasteiger partial charge in [0.15, 0.2) is 0 Å². The minimum absolute atomic E-state index is 0.188. The van der Waals surface area contributed by atoms with Crippen LogP contribution in [0.5, 0.6) is 0 Å². The molecule has 8 rings (SSSR count).